The summed E-state index contributed by atoms with van der Waals surface area (Å²) >= 11 is 0. The number of ketones is 4. The van der Waals surface area contributed by atoms with Crippen molar-refractivity contribution < 1.29 is 48.1 Å². The fourth-order valence-electron chi connectivity index (χ4n) is 5.39. The summed E-state index contributed by atoms with van der Waals surface area (Å²) < 4.78 is 16.3. The molecule has 0 spiro atoms. The number of rotatable bonds is 38. The van der Waals surface area contributed by atoms with Crippen molar-refractivity contribution in [3.63, 3.8) is 0 Å². The molecule has 49 heavy (non-hydrogen) atoms. The zero-order valence-corrected chi connectivity index (χ0v) is 30.7. The number of carboxylic acids is 1. The summed E-state index contributed by atoms with van der Waals surface area (Å²) in [6.45, 7) is 5.26. The van der Waals surface area contributed by atoms with Gasteiger partial charge >= 0.3 is 5.97 Å². The molecule has 0 aliphatic heterocycles. The fourth-order valence-corrected chi connectivity index (χ4v) is 5.39. The largest absolute Gasteiger partial charge is 0.481 e. The highest BCUT2D eigenvalue weighted by molar-refractivity contribution is 5.87. The van der Waals surface area contributed by atoms with Crippen LogP contribution in [0.4, 0.5) is 0 Å². The number of hydrogen-bond donors (Lipinski definition) is 2. The molecular formula is C38H67NO10. The zero-order valence-electron chi connectivity index (χ0n) is 30.7. The third-order valence-electron chi connectivity index (χ3n) is 8.40. The van der Waals surface area contributed by atoms with Crippen molar-refractivity contribution in [2.24, 2.45) is 5.92 Å². The lowest BCUT2D eigenvalue weighted by Crippen LogP contribution is -2.31. The van der Waals surface area contributed by atoms with E-state index in [9.17, 15) is 28.8 Å². The Balaban J connectivity index is 3.44. The van der Waals surface area contributed by atoms with Crippen molar-refractivity contribution in [3.8, 4) is 0 Å². The number of hydrogen-bond acceptors (Lipinski definition) is 9. The summed E-state index contributed by atoms with van der Waals surface area (Å²) in [4.78, 5) is 69.4. The molecule has 11 nitrogen and oxygen atoms in total. The first-order valence-electron chi connectivity index (χ1n) is 18.9. The van der Waals surface area contributed by atoms with E-state index in [4.69, 9.17) is 19.3 Å². The van der Waals surface area contributed by atoms with Gasteiger partial charge in [-0.1, -0.05) is 64.2 Å². The van der Waals surface area contributed by atoms with Crippen LogP contribution in [-0.2, 0) is 43.0 Å². The summed E-state index contributed by atoms with van der Waals surface area (Å²) in [5, 5.41) is 11.4. The predicted octanol–water partition coefficient (Wildman–Crippen LogP) is 6.75. The summed E-state index contributed by atoms with van der Waals surface area (Å²) in [5.41, 5.74) is 0. The Hall–Kier alpha value is -2.50. The van der Waals surface area contributed by atoms with Gasteiger partial charge in [-0.05, 0) is 52.4 Å². The molecule has 0 saturated heterocycles. The van der Waals surface area contributed by atoms with E-state index < -0.39 is 5.97 Å². The molecule has 0 bridgehead atoms. The number of carboxylic acid groups (broad SMARTS) is 1. The molecule has 0 radical (unpaired) electrons. The first-order valence-corrected chi connectivity index (χ1v) is 18.9. The van der Waals surface area contributed by atoms with Crippen LogP contribution in [0, 0.1) is 5.92 Å². The highest BCUT2D eigenvalue weighted by Gasteiger charge is 2.18. The van der Waals surface area contributed by atoms with Crippen LogP contribution in [0.1, 0.15) is 155 Å². The fraction of sp³-hybridized carbons (Fsp3) is 0.842. The number of Topliss-reactive ketones (excluding diaryl/α,β-unsaturated/α-hetero) is 4. The maximum Gasteiger partial charge on any atom is 0.303 e. The maximum absolute atomic E-state index is 12.2. The SMILES string of the molecule is CC(=O)CC[C@H](CC(=O)CCCCOCCNC(=O)COCCOCCCC(=O)CCCCCCCCCCCCCCC(=O)O)C(C)=O. The van der Waals surface area contributed by atoms with Crippen molar-refractivity contribution in [1.82, 2.24) is 5.32 Å². The predicted molar refractivity (Wildman–Crippen MR) is 190 cm³/mol. The Kier molecular flexibility index (Phi) is 32.2. The van der Waals surface area contributed by atoms with Crippen LogP contribution in [0.3, 0.4) is 0 Å². The molecule has 11 heteroatoms. The average molecular weight is 698 g/mol. The lowest BCUT2D eigenvalue weighted by molar-refractivity contribution is -0.137. The number of nitrogens with one attached hydrogen (secondary N) is 1. The molecule has 0 aromatic carbocycles. The minimum Gasteiger partial charge on any atom is -0.481 e. The van der Waals surface area contributed by atoms with Gasteiger partial charge in [-0.25, -0.2) is 0 Å². The molecule has 0 rings (SSSR count). The Morgan fingerprint density at radius 1 is 0.531 bits per heavy atom. The molecule has 0 aliphatic carbocycles. The molecule has 0 saturated carbocycles. The Labute approximate surface area is 295 Å². The molecule has 0 heterocycles. The highest BCUT2D eigenvalue weighted by atomic mass is 16.5. The highest BCUT2D eigenvalue weighted by Crippen LogP contribution is 2.16. The monoisotopic (exact) mass is 697 g/mol. The van der Waals surface area contributed by atoms with Crippen molar-refractivity contribution in [3.05, 3.63) is 0 Å². The van der Waals surface area contributed by atoms with Crippen LogP contribution in [0.5, 0.6) is 0 Å². The van der Waals surface area contributed by atoms with Gasteiger partial charge in [0.25, 0.3) is 0 Å². The first kappa shape index (κ1) is 46.5. The van der Waals surface area contributed by atoms with Crippen LogP contribution in [0.2, 0.25) is 0 Å². The maximum atomic E-state index is 12.2. The Morgan fingerprint density at radius 3 is 1.61 bits per heavy atom. The normalized spacial score (nSPS) is 11.7. The van der Waals surface area contributed by atoms with Crippen LogP contribution in [0.15, 0.2) is 0 Å². The Bertz CT molecular complexity index is 907. The number of aliphatic carboxylic acids is 1. The number of carbonyl (C=O) groups is 6. The second-order valence-electron chi connectivity index (χ2n) is 13.2. The second-order valence-corrected chi connectivity index (χ2v) is 13.2. The third kappa shape index (κ3) is 35.1. The standard InChI is InChI=1S/C38H67NO10/c1-32(40)22-23-34(33(2)41)30-36(43)19-15-16-25-47-27-24-39-37(44)31-49-29-28-48-26-17-20-35(42)18-13-11-9-7-5-3-4-6-8-10-12-14-21-38(45)46/h34H,3-31H2,1-2H3,(H,39,44)(H,45,46)/t34-/m1/s1. The van der Waals surface area contributed by atoms with E-state index in [-0.39, 0.29) is 54.4 Å². The topological polar surface area (TPSA) is 162 Å². The van der Waals surface area contributed by atoms with E-state index in [0.717, 1.165) is 32.1 Å². The van der Waals surface area contributed by atoms with E-state index in [1.165, 1.54) is 58.8 Å². The van der Waals surface area contributed by atoms with Gasteiger partial charge in [0.05, 0.1) is 19.8 Å². The minimum atomic E-state index is -0.699. The van der Waals surface area contributed by atoms with E-state index >= 15 is 0 Å². The van der Waals surface area contributed by atoms with E-state index in [1.54, 1.807) is 0 Å². The van der Waals surface area contributed by atoms with Crippen molar-refractivity contribution in [1.29, 1.82) is 0 Å². The summed E-state index contributed by atoms with van der Waals surface area (Å²) in [6.07, 6.45) is 18.5. The quantitative estimate of drug-likeness (QED) is 0.0660. The Morgan fingerprint density at radius 2 is 1.02 bits per heavy atom. The molecule has 1 atom stereocenters. The molecule has 2 N–H and O–H groups in total. The van der Waals surface area contributed by atoms with Gasteiger partial charge in [0.15, 0.2) is 0 Å². The molecule has 0 aliphatic rings. The van der Waals surface area contributed by atoms with Crippen molar-refractivity contribution >= 4 is 35.0 Å². The van der Waals surface area contributed by atoms with Gasteiger partial charge in [0.1, 0.15) is 29.7 Å². The van der Waals surface area contributed by atoms with Crippen LogP contribution < -0.4 is 5.32 Å². The van der Waals surface area contributed by atoms with Crippen LogP contribution >= 0.6 is 0 Å². The molecule has 284 valence electrons. The van der Waals surface area contributed by atoms with Gasteiger partial charge in [-0.2, -0.15) is 0 Å². The minimum absolute atomic E-state index is 0.0227. The molecule has 1 amide bonds. The second kappa shape index (κ2) is 34.0. The molecule has 0 aromatic rings. The number of carbonyl (C=O) groups excluding carboxylic acids is 5. The van der Waals surface area contributed by atoms with Crippen molar-refractivity contribution in [2.75, 3.05) is 46.2 Å². The summed E-state index contributed by atoms with van der Waals surface area (Å²) in [7, 11) is 0. The van der Waals surface area contributed by atoms with Crippen molar-refractivity contribution in [2.45, 2.75) is 155 Å². The van der Waals surface area contributed by atoms with Crippen LogP contribution in [0.25, 0.3) is 0 Å². The lowest BCUT2D eigenvalue weighted by atomic mass is 9.91. The van der Waals surface area contributed by atoms with Crippen LogP contribution in [-0.4, -0.2) is 86.3 Å². The molecule has 0 aromatic heterocycles. The average Bonchev–Trinajstić information content (AvgIpc) is 3.05. The first-order chi connectivity index (χ1) is 23.6. The van der Waals surface area contributed by atoms with Gasteiger partial charge in [-0.3, -0.25) is 24.0 Å². The van der Waals surface area contributed by atoms with Gasteiger partial charge in [0.2, 0.25) is 5.91 Å². The van der Waals surface area contributed by atoms with E-state index in [1.807, 2.05) is 0 Å². The summed E-state index contributed by atoms with van der Waals surface area (Å²) in [5.74, 6) is -1.01. The van der Waals surface area contributed by atoms with E-state index in [0.29, 0.717) is 90.9 Å². The van der Waals surface area contributed by atoms with Gasteiger partial charge in [-0.15, -0.1) is 0 Å². The van der Waals surface area contributed by atoms with Gasteiger partial charge < -0.3 is 29.4 Å². The van der Waals surface area contributed by atoms with Gasteiger partial charge in [0, 0.05) is 64.2 Å². The lowest BCUT2D eigenvalue weighted by Gasteiger charge is -2.12. The third-order valence-corrected chi connectivity index (χ3v) is 8.40. The smallest absolute Gasteiger partial charge is 0.303 e. The number of amides is 1. The number of unbranched alkanes of at least 4 members (excludes halogenated alkanes) is 12. The van der Waals surface area contributed by atoms with E-state index in [2.05, 4.69) is 5.32 Å². The number of ether oxygens (including phenoxy) is 3. The summed E-state index contributed by atoms with van der Waals surface area (Å²) in [6, 6.07) is 0. The molecular weight excluding hydrogens is 630 g/mol. The molecule has 0 unspecified atom stereocenters. The molecule has 0 fully saturated rings. The zero-order chi connectivity index (χ0) is 36.4.